The van der Waals surface area contributed by atoms with Gasteiger partial charge in [0.05, 0.1) is 19.8 Å². The average Bonchev–Trinajstić information content (AvgIpc) is 2.67. The third-order valence-electron chi connectivity index (χ3n) is 4.03. The Bertz CT molecular complexity index is 360. The van der Waals surface area contributed by atoms with Crippen LogP contribution in [0.5, 0.6) is 0 Å². The van der Waals surface area contributed by atoms with Crippen molar-refractivity contribution in [2.75, 3.05) is 41.2 Å². The second-order valence-corrected chi connectivity index (χ2v) is 5.09. The Morgan fingerprint density at radius 3 is 2.26 bits per heavy atom. The van der Waals surface area contributed by atoms with Crippen molar-refractivity contribution in [2.24, 2.45) is 5.92 Å². The van der Waals surface area contributed by atoms with Crippen molar-refractivity contribution in [2.45, 2.75) is 25.7 Å². The zero-order chi connectivity index (χ0) is 13.0. The summed E-state index contributed by atoms with van der Waals surface area (Å²) >= 11 is 0. The number of rotatable bonds is 6. The van der Waals surface area contributed by atoms with Crippen LogP contribution in [-0.4, -0.2) is 41.2 Å². The second-order valence-electron chi connectivity index (χ2n) is 5.09. The van der Waals surface area contributed by atoms with Gasteiger partial charge in [-0.25, -0.2) is 0 Å². The predicted octanol–water partition coefficient (Wildman–Crippen LogP) is 2.72. The Kier molecular flexibility index (Phi) is 7.55. The summed E-state index contributed by atoms with van der Waals surface area (Å²) in [5, 5.41) is 0. The fourth-order valence-corrected chi connectivity index (χ4v) is 3.31. The first-order chi connectivity index (χ1) is 8.83. The topological polar surface area (TPSA) is 27.7 Å². The Morgan fingerprint density at radius 1 is 0.947 bits per heavy atom. The minimum Gasteiger partial charge on any atom is -0.384 e. The maximum absolute atomic E-state index is 5.41. The van der Waals surface area contributed by atoms with Crippen LogP contribution in [0.25, 0.3) is 0 Å². The molecule has 4 heteroatoms. The van der Waals surface area contributed by atoms with E-state index >= 15 is 0 Å². The van der Waals surface area contributed by atoms with E-state index in [0.29, 0.717) is 19.1 Å². The van der Waals surface area contributed by atoms with Crippen molar-refractivity contribution in [3.8, 4) is 0 Å². The summed E-state index contributed by atoms with van der Waals surface area (Å²) in [6.07, 6.45) is 5.01. The SMILES string of the molecule is COCC1=C(COC)C(COC)C2=C1CCCC2.[Ti]. The van der Waals surface area contributed by atoms with Crippen molar-refractivity contribution in [3.05, 3.63) is 22.3 Å². The maximum Gasteiger partial charge on any atom is 0.0716 e. The fraction of sp³-hybridized carbons (Fsp3) is 0.733. The first-order valence-electron chi connectivity index (χ1n) is 6.74. The molecule has 0 bridgehead atoms. The van der Waals surface area contributed by atoms with Gasteiger partial charge in [0.15, 0.2) is 0 Å². The summed E-state index contributed by atoms with van der Waals surface area (Å²) in [6, 6.07) is 0. The summed E-state index contributed by atoms with van der Waals surface area (Å²) in [5.41, 5.74) is 5.89. The van der Waals surface area contributed by atoms with Crippen LogP contribution in [0.15, 0.2) is 22.3 Å². The van der Waals surface area contributed by atoms with E-state index in [1.54, 1.807) is 26.9 Å². The van der Waals surface area contributed by atoms with Gasteiger partial charge >= 0.3 is 0 Å². The monoisotopic (exact) mass is 300 g/mol. The van der Waals surface area contributed by atoms with Gasteiger partial charge in [0.25, 0.3) is 0 Å². The van der Waals surface area contributed by atoms with Crippen LogP contribution in [0.3, 0.4) is 0 Å². The van der Waals surface area contributed by atoms with E-state index in [9.17, 15) is 0 Å². The molecule has 2 aliphatic carbocycles. The van der Waals surface area contributed by atoms with E-state index in [2.05, 4.69) is 0 Å². The largest absolute Gasteiger partial charge is 0.384 e. The van der Waals surface area contributed by atoms with E-state index in [4.69, 9.17) is 14.2 Å². The molecule has 1 atom stereocenters. The van der Waals surface area contributed by atoms with Crippen LogP contribution < -0.4 is 0 Å². The van der Waals surface area contributed by atoms with Gasteiger partial charge in [-0.1, -0.05) is 5.57 Å². The molecule has 3 nitrogen and oxygen atoms in total. The van der Waals surface area contributed by atoms with E-state index < -0.39 is 0 Å². The van der Waals surface area contributed by atoms with Gasteiger partial charge in [-0.15, -0.1) is 0 Å². The molecule has 1 unspecified atom stereocenters. The molecule has 2 rings (SSSR count). The van der Waals surface area contributed by atoms with Gasteiger partial charge in [-0.3, -0.25) is 0 Å². The molecule has 0 aromatic heterocycles. The van der Waals surface area contributed by atoms with Gasteiger partial charge in [-0.05, 0) is 42.4 Å². The molecule has 0 amide bonds. The number of hydrogen-bond donors (Lipinski definition) is 0. The minimum atomic E-state index is 0. The molecule has 0 spiro atoms. The second kappa shape index (κ2) is 8.38. The van der Waals surface area contributed by atoms with Crippen LogP contribution in [-0.2, 0) is 35.9 Å². The van der Waals surface area contributed by atoms with Crippen LogP contribution >= 0.6 is 0 Å². The Morgan fingerprint density at radius 2 is 1.63 bits per heavy atom. The van der Waals surface area contributed by atoms with Crippen LogP contribution in [0.1, 0.15) is 25.7 Å². The maximum atomic E-state index is 5.41. The van der Waals surface area contributed by atoms with Gasteiger partial charge in [0.1, 0.15) is 0 Å². The van der Waals surface area contributed by atoms with Crippen LogP contribution in [0.2, 0.25) is 0 Å². The summed E-state index contributed by atoms with van der Waals surface area (Å²) in [7, 11) is 5.31. The van der Waals surface area contributed by atoms with Crippen LogP contribution in [0.4, 0.5) is 0 Å². The molecule has 0 aromatic carbocycles. The summed E-state index contributed by atoms with van der Waals surface area (Å²) < 4.78 is 16.2. The molecular weight excluding hydrogens is 276 g/mol. The smallest absolute Gasteiger partial charge is 0.0716 e. The van der Waals surface area contributed by atoms with Crippen LogP contribution in [0, 0.1) is 5.92 Å². The van der Waals surface area contributed by atoms with E-state index in [-0.39, 0.29) is 21.7 Å². The molecule has 106 valence electrons. The summed E-state index contributed by atoms with van der Waals surface area (Å²) in [6.45, 7) is 2.17. The third-order valence-corrected chi connectivity index (χ3v) is 4.03. The predicted molar refractivity (Wildman–Crippen MR) is 71.6 cm³/mol. The Balaban J connectivity index is 0.00000180. The zero-order valence-electron chi connectivity index (χ0n) is 12.3. The van der Waals surface area contributed by atoms with E-state index in [0.717, 1.165) is 6.61 Å². The number of ether oxygens (including phenoxy) is 3. The van der Waals surface area contributed by atoms with E-state index in [1.807, 2.05) is 0 Å². The van der Waals surface area contributed by atoms with Crippen molar-refractivity contribution >= 4 is 0 Å². The molecule has 0 radical (unpaired) electrons. The Labute approximate surface area is 131 Å². The minimum absolute atomic E-state index is 0. The zero-order valence-corrected chi connectivity index (χ0v) is 13.8. The molecule has 0 saturated carbocycles. The average molecular weight is 300 g/mol. The first-order valence-corrected chi connectivity index (χ1v) is 6.74. The van der Waals surface area contributed by atoms with Gasteiger partial charge in [0, 0.05) is 49.0 Å². The molecule has 0 aliphatic heterocycles. The summed E-state index contributed by atoms with van der Waals surface area (Å²) in [5.74, 6) is 0.426. The van der Waals surface area contributed by atoms with E-state index in [1.165, 1.54) is 42.4 Å². The van der Waals surface area contributed by atoms with Gasteiger partial charge in [0.2, 0.25) is 0 Å². The number of methoxy groups -OCH3 is 3. The summed E-state index contributed by atoms with van der Waals surface area (Å²) in [4.78, 5) is 0. The molecule has 0 N–H and O–H groups in total. The quantitative estimate of drug-likeness (QED) is 0.706. The molecule has 0 fully saturated rings. The molecule has 0 aromatic rings. The van der Waals surface area contributed by atoms with Gasteiger partial charge < -0.3 is 14.2 Å². The van der Waals surface area contributed by atoms with Crippen molar-refractivity contribution in [3.63, 3.8) is 0 Å². The van der Waals surface area contributed by atoms with Crippen molar-refractivity contribution < 1.29 is 35.9 Å². The molecule has 19 heavy (non-hydrogen) atoms. The van der Waals surface area contributed by atoms with Crippen molar-refractivity contribution in [1.29, 1.82) is 0 Å². The number of hydrogen-bond acceptors (Lipinski definition) is 3. The standard InChI is InChI=1S/C15H24O3.Ti/c1-16-8-13-11-6-4-5-7-12(11)14(9-17-2)15(13)10-18-3;/h13H,4-10H2,1-3H3;. The normalized spacial score (nSPS) is 22.6. The first kappa shape index (κ1) is 17.1. The molecule has 2 aliphatic rings. The Hall–Kier alpha value is 0.0743. The molecule has 0 saturated heterocycles. The third kappa shape index (κ3) is 3.59. The molecular formula is C15H24O3Ti. The fourth-order valence-electron chi connectivity index (χ4n) is 3.31. The van der Waals surface area contributed by atoms with Crippen molar-refractivity contribution in [1.82, 2.24) is 0 Å². The molecule has 0 heterocycles. The van der Waals surface area contributed by atoms with Gasteiger partial charge in [-0.2, -0.15) is 0 Å².